The Labute approximate surface area is 373 Å². The molecule has 64 heavy (non-hydrogen) atoms. The minimum Gasteiger partial charge on any atom is -0.310 e. The summed E-state index contributed by atoms with van der Waals surface area (Å²) in [5.74, 6) is 0. The molecule has 0 saturated heterocycles. The fourth-order valence-corrected chi connectivity index (χ4v) is 10.9. The van der Waals surface area contributed by atoms with E-state index in [1.807, 2.05) is 0 Å². The Hall–Kier alpha value is -8.33. The molecule has 0 N–H and O–H groups in total. The lowest BCUT2D eigenvalue weighted by Crippen LogP contribution is -2.26. The Kier molecular flexibility index (Phi) is 8.16. The molecule has 0 unspecified atom stereocenters. The molecule has 0 saturated carbocycles. The van der Waals surface area contributed by atoms with Crippen LogP contribution in [0.2, 0.25) is 0 Å². The Balaban J connectivity index is 0.954. The molecule has 0 amide bonds. The third-order valence-corrected chi connectivity index (χ3v) is 13.7. The van der Waals surface area contributed by atoms with Gasteiger partial charge in [0, 0.05) is 33.3 Å². The van der Waals surface area contributed by atoms with Gasteiger partial charge >= 0.3 is 0 Å². The molecule has 11 aromatic rings. The standard InChI is InChI=1S/C62H40N2/c1-2-16-43(17-3-1)47-18-10-15-29-60(47)64(45-36-34-42(35-37-45)41-30-32-44(33-31-41)61-54-24-5-4-19-48(54)53-23-9-14-28-59(53)63-61)46-38-39-52-51-22-8-13-27-57(51)62(58(52)40-46)55-25-11-6-20-49(55)50-21-7-12-26-56(50)62/h1-40H. The first-order valence-electron chi connectivity index (χ1n) is 22.1. The van der Waals surface area contributed by atoms with Crippen molar-refractivity contribution in [1.29, 1.82) is 0 Å². The van der Waals surface area contributed by atoms with Crippen molar-refractivity contribution in [2.75, 3.05) is 4.90 Å². The van der Waals surface area contributed by atoms with Gasteiger partial charge < -0.3 is 4.90 Å². The van der Waals surface area contributed by atoms with E-state index in [1.165, 1.54) is 66.4 Å². The molecule has 1 spiro atoms. The fourth-order valence-electron chi connectivity index (χ4n) is 10.9. The molecule has 0 aliphatic heterocycles. The van der Waals surface area contributed by atoms with Gasteiger partial charge in [-0.2, -0.15) is 0 Å². The lowest BCUT2D eigenvalue weighted by atomic mass is 9.70. The predicted molar refractivity (Wildman–Crippen MR) is 267 cm³/mol. The molecule has 298 valence electrons. The van der Waals surface area contributed by atoms with Crippen LogP contribution in [-0.4, -0.2) is 4.98 Å². The quantitative estimate of drug-likeness (QED) is 0.156. The molecular formula is C62H40N2. The van der Waals surface area contributed by atoms with E-state index in [0.717, 1.165) is 50.3 Å². The summed E-state index contributed by atoms with van der Waals surface area (Å²) in [6.07, 6.45) is 0. The molecule has 13 rings (SSSR count). The summed E-state index contributed by atoms with van der Waals surface area (Å²) in [5.41, 5.74) is 21.2. The van der Waals surface area contributed by atoms with E-state index in [0.29, 0.717) is 0 Å². The molecule has 2 aliphatic rings. The summed E-state index contributed by atoms with van der Waals surface area (Å²) in [4.78, 5) is 7.62. The van der Waals surface area contributed by atoms with Crippen molar-refractivity contribution in [2.45, 2.75) is 5.41 Å². The Morgan fingerprint density at radius 1 is 0.297 bits per heavy atom. The zero-order chi connectivity index (χ0) is 42.2. The Morgan fingerprint density at radius 2 is 0.766 bits per heavy atom. The average Bonchev–Trinajstić information content (AvgIpc) is 3.84. The fraction of sp³-hybridized carbons (Fsp3) is 0.0161. The summed E-state index contributed by atoms with van der Waals surface area (Å²) in [5, 5.41) is 3.57. The smallest absolute Gasteiger partial charge is 0.0788 e. The van der Waals surface area contributed by atoms with Gasteiger partial charge in [0.2, 0.25) is 0 Å². The lowest BCUT2D eigenvalue weighted by molar-refractivity contribution is 0.793. The van der Waals surface area contributed by atoms with Gasteiger partial charge in [-0.25, -0.2) is 4.98 Å². The van der Waals surface area contributed by atoms with E-state index >= 15 is 0 Å². The van der Waals surface area contributed by atoms with Crippen molar-refractivity contribution < 1.29 is 0 Å². The molecule has 0 bridgehead atoms. The number of nitrogens with zero attached hydrogens (tertiary/aromatic N) is 2. The largest absolute Gasteiger partial charge is 0.310 e. The van der Waals surface area contributed by atoms with Gasteiger partial charge in [-0.3, -0.25) is 0 Å². The first-order chi connectivity index (χ1) is 31.8. The van der Waals surface area contributed by atoms with Crippen LogP contribution in [0.4, 0.5) is 17.1 Å². The molecule has 0 atom stereocenters. The van der Waals surface area contributed by atoms with Crippen molar-refractivity contribution in [1.82, 2.24) is 4.98 Å². The van der Waals surface area contributed by atoms with Gasteiger partial charge in [-0.1, -0.05) is 206 Å². The summed E-state index contributed by atoms with van der Waals surface area (Å²) in [7, 11) is 0. The first kappa shape index (κ1) is 36.3. The number of hydrogen-bond acceptors (Lipinski definition) is 2. The maximum Gasteiger partial charge on any atom is 0.0788 e. The highest BCUT2D eigenvalue weighted by Crippen LogP contribution is 2.63. The highest BCUT2D eigenvalue weighted by Gasteiger charge is 2.51. The van der Waals surface area contributed by atoms with Crippen molar-refractivity contribution in [3.05, 3.63) is 265 Å². The van der Waals surface area contributed by atoms with Crippen LogP contribution >= 0.6 is 0 Å². The predicted octanol–water partition coefficient (Wildman–Crippen LogP) is 16.2. The zero-order valence-corrected chi connectivity index (χ0v) is 35.0. The minimum atomic E-state index is -0.440. The second kappa shape index (κ2) is 14.4. The van der Waals surface area contributed by atoms with Gasteiger partial charge in [-0.15, -0.1) is 0 Å². The number of fused-ring (bicyclic) bond motifs is 13. The number of benzene rings is 10. The molecule has 1 aromatic heterocycles. The third kappa shape index (κ3) is 5.36. The van der Waals surface area contributed by atoms with E-state index in [4.69, 9.17) is 4.98 Å². The maximum absolute atomic E-state index is 5.17. The lowest BCUT2D eigenvalue weighted by Gasteiger charge is -2.32. The molecule has 1 heterocycles. The van der Waals surface area contributed by atoms with Crippen LogP contribution in [0.25, 0.3) is 77.4 Å². The van der Waals surface area contributed by atoms with Crippen LogP contribution in [-0.2, 0) is 5.41 Å². The van der Waals surface area contributed by atoms with E-state index in [1.54, 1.807) is 0 Å². The van der Waals surface area contributed by atoms with Crippen LogP contribution in [0.15, 0.2) is 243 Å². The second-order valence-corrected chi connectivity index (χ2v) is 17.0. The first-order valence-corrected chi connectivity index (χ1v) is 22.1. The zero-order valence-electron chi connectivity index (χ0n) is 35.0. The SMILES string of the molecule is c1ccc(-c2ccccc2N(c2ccc(-c3ccc(-c4nc5ccccc5c5ccccc45)cc3)cc2)c2ccc3c(c2)C2(c4ccccc4-c4ccccc42)c2ccccc2-3)cc1. The summed E-state index contributed by atoms with van der Waals surface area (Å²) >= 11 is 0. The van der Waals surface area contributed by atoms with Gasteiger partial charge in [0.15, 0.2) is 0 Å². The van der Waals surface area contributed by atoms with Gasteiger partial charge in [0.05, 0.1) is 22.3 Å². The average molecular weight is 813 g/mol. The van der Waals surface area contributed by atoms with E-state index < -0.39 is 5.41 Å². The van der Waals surface area contributed by atoms with E-state index in [9.17, 15) is 0 Å². The number of anilines is 3. The second-order valence-electron chi connectivity index (χ2n) is 17.0. The molecule has 2 nitrogen and oxygen atoms in total. The van der Waals surface area contributed by atoms with Crippen molar-refractivity contribution in [3.8, 4) is 55.8 Å². The normalized spacial score (nSPS) is 12.8. The van der Waals surface area contributed by atoms with Crippen molar-refractivity contribution >= 4 is 38.7 Å². The highest BCUT2D eigenvalue weighted by molar-refractivity contribution is 6.11. The molecule has 0 fully saturated rings. The Bertz CT molecular complexity index is 3540. The number of para-hydroxylation sites is 2. The molecule has 10 aromatic carbocycles. The molecule has 2 heteroatoms. The number of rotatable bonds is 6. The van der Waals surface area contributed by atoms with Crippen molar-refractivity contribution in [3.63, 3.8) is 0 Å². The highest BCUT2D eigenvalue weighted by atomic mass is 15.1. The van der Waals surface area contributed by atoms with Crippen LogP contribution in [0, 0.1) is 0 Å². The van der Waals surface area contributed by atoms with Crippen LogP contribution < -0.4 is 4.90 Å². The third-order valence-electron chi connectivity index (χ3n) is 13.7. The van der Waals surface area contributed by atoms with Crippen LogP contribution in [0.1, 0.15) is 22.3 Å². The van der Waals surface area contributed by atoms with Gasteiger partial charge in [0.25, 0.3) is 0 Å². The van der Waals surface area contributed by atoms with Crippen LogP contribution in [0.5, 0.6) is 0 Å². The number of pyridine rings is 1. The molecular weight excluding hydrogens is 773 g/mol. The summed E-state index contributed by atoms with van der Waals surface area (Å²) in [6, 6.07) is 88.8. The maximum atomic E-state index is 5.17. The van der Waals surface area contributed by atoms with Crippen molar-refractivity contribution in [2.24, 2.45) is 0 Å². The van der Waals surface area contributed by atoms with Gasteiger partial charge in [-0.05, 0) is 103 Å². The monoisotopic (exact) mass is 812 g/mol. The Morgan fingerprint density at radius 3 is 1.42 bits per heavy atom. The minimum absolute atomic E-state index is 0.440. The van der Waals surface area contributed by atoms with E-state index in [2.05, 4.69) is 248 Å². The number of hydrogen-bond donors (Lipinski definition) is 0. The molecule has 0 radical (unpaired) electrons. The topological polar surface area (TPSA) is 16.1 Å². The van der Waals surface area contributed by atoms with Gasteiger partial charge in [0.1, 0.15) is 0 Å². The number of aromatic nitrogens is 1. The summed E-state index contributed by atoms with van der Waals surface area (Å²) < 4.78 is 0. The molecule has 2 aliphatic carbocycles. The van der Waals surface area contributed by atoms with E-state index in [-0.39, 0.29) is 0 Å². The summed E-state index contributed by atoms with van der Waals surface area (Å²) in [6.45, 7) is 0. The van der Waals surface area contributed by atoms with Crippen LogP contribution in [0.3, 0.4) is 0 Å².